The zero-order chi connectivity index (χ0) is 19.6. The van der Waals surface area contributed by atoms with E-state index in [2.05, 4.69) is 5.32 Å². The van der Waals surface area contributed by atoms with Gasteiger partial charge in [-0.15, -0.1) is 11.8 Å². The van der Waals surface area contributed by atoms with Crippen molar-refractivity contribution >= 4 is 29.3 Å². The summed E-state index contributed by atoms with van der Waals surface area (Å²) in [6, 6.07) is 14.7. The summed E-state index contributed by atoms with van der Waals surface area (Å²) in [5, 5.41) is 2.87. The molecule has 6 heteroatoms. The minimum absolute atomic E-state index is 0.0949. The second-order valence-corrected chi connectivity index (χ2v) is 7.11. The van der Waals surface area contributed by atoms with Crippen LogP contribution in [0.1, 0.15) is 36.7 Å². The van der Waals surface area contributed by atoms with E-state index in [-0.39, 0.29) is 18.0 Å². The largest absolute Gasteiger partial charge is 0.492 e. The van der Waals surface area contributed by atoms with Gasteiger partial charge < -0.3 is 14.8 Å². The van der Waals surface area contributed by atoms with E-state index in [1.54, 1.807) is 12.1 Å². The Hall–Kier alpha value is -2.47. The Balaban J connectivity index is 1.86. The average molecular weight is 388 g/mol. The number of hydrogen-bond acceptors (Lipinski definition) is 5. The van der Waals surface area contributed by atoms with E-state index in [1.807, 2.05) is 57.2 Å². The van der Waals surface area contributed by atoms with Crippen molar-refractivity contribution in [3.05, 3.63) is 59.7 Å². The lowest BCUT2D eigenvalue weighted by atomic mass is 10.1. The predicted molar refractivity (Wildman–Crippen MR) is 109 cm³/mol. The van der Waals surface area contributed by atoms with E-state index in [1.165, 1.54) is 11.8 Å². The van der Waals surface area contributed by atoms with Crippen molar-refractivity contribution in [1.82, 2.24) is 0 Å². The van der Waals surface area contributed by atoms with E-state index in [0.717, 1.165) is 5.56 Å². The van der Waals surface area contributed by atoms with Gasteiger partial charge in [-0.2, -0.15) is 0 Å². The Morgan fingerprint density at radius 2 is 1.89 bits per heavy atom. The number of amides is 1. The number of esters is 1. The van der Waals surface area contributed by atoms with Crippen LogP contribution in [-0.2, 0) is 15.3 Å². The topological polar surface area (TPSA) is 64.6 Å². The first-order valence-electron chi connectivity index (χ1n) is 8.89. The van der Waals surface area contributed by atoms with E-state index in [9.17, 15) is 9.59 Å². The van der Waals surface area contributed by atoms with Gasteiger partial charge >= 0.3 is 5.97 Å². The monoisotopic (exact) mass is 387 g/mol. The molecule has 0 atom stereocenters. The van der Waals surface area contributed by atoms with Gasteiger partial charge in [0, 0.05) is 5.75 Å². The molecule has 2 rings (SSSR count). The van der Waals surface area contributed by atoms with Crippen molar-refractivity contribution in [2.24, 2.45) is 0 Å². The molecule has 0 unspecified atom stereocenters. The maximum Gasteiger partial charge on any atom is 0.338 e. The first kappa shape index (κ1) is 20.8. The maximum absolute atomic E-state index is 12.2. The molecule has 2 aromatic carbocycles. The highest BCUT2D eigenvalue weighted by Gasteiger charge is 2.11. The summed E-state index contributed by atoms with van der Waals surface area (Å²) in [4.78, 5) is 24.2. The van der Waals surface area contributed by atoms with E-state index >= 15 is 0 Å². The molecule has 27 heavy (non-hydrogen) atoms. The number of ether oxygens (including phenoxy) is 2. The number of anilines is 1. The van der Waals surface area contributed by atoms with Gasteiger partial charge in [0.2, 0.25) is 5.91 Å². The van der Waals surface area contributed by atoms with Crippen LogP contribution in [0.15, 0.2) is 48.5 Å². The normalized spacial score (nSPS) is 10.5. The van der Waals surface area contributed by atoms with Crippen LogP contribution in [0, 0.1) is 0 Å². The van der Waals surface area contributed by atoms with E-state index in [4.69, 9.17) is 9.47 Å². The Morgan fingerprint density at radius 3 is 2.63 bits per heavy atom. The van der Waals surface area contributed by atoms with Gasteiger partial charge in [-0.1, -0.05) is 24.3 Å². The van der Waals surface area contributed by atoms with E-state index in [0.29, 0.717) is 35.1 Å². The van der Waals surface area contributed by atoms with Gasteiger partial charge in [-0.25, -0.2) is 4.79 Å². The number of carbonyl (C=O) groups excluding carboxylic acids is 2. The highest BCUT2D eigenvalue weighted by molar-refractivity contribution is 7.99. The Bertz CT molecular complexity index is 776. The molecule has 5 nitrogen and oxygen atoms in total. The molecule has 1 amide bonds. The molecule has 0 saturated carbocycles. The Kier molecular flexibility index (Phi) is 8.20. The van der Waals surface area contributed by atoms with Crippen molar-refractivity contribution < 1.29 is 19.1 Å². The molecular weight excluding hydrogens is 362 g/mol. The highest BCUT2D eigenvalue weighted by atomic mass is 32.2. The van der Waals surface area contributed by atoms with Crippen LogP contribution in [0.2, 0.25) is 0 Å². The lowest BCUT2D eigenvalue weighted by Gasteiger charge is -2.11. The fourth-order valence-corrected chi connectivity index (χ4v) is 3.14. The molecule has 2 aromatic rings. The number of rotatable bonds is 9. The zero-order valence-corrected chi connectivity index (χ0v) is 16.7. The molecule has 0 bridgehead atoms. The second-order valence-electron chi connectivity index (χ2n) is 6.12. The molecule has 0 heterocycles. The molecule has 0 aromatic heterocycles. The fraction of sp³-hybridized carbons (Fsp3) is 0.333. The molecule has 0 spiro atoms. The highest BCUT2D eigenvalue weighted by Crippen LogP contribution is 2.24. The fourth-order valence-electron chi connectivity index (χ4n) is 2.37. The van der Waals surface area contributed by atoms with Crippen LogP contribution >= 0.6 is 11.8 Å². The molecule has 0 aliphatic rings. The Labute approximate surface area is 164 Å². The number of hydrogen-bond donors (Lipinski definition) is 1. The smallest absolute Gasteiger partial charge is 0.338 e. The minimum atomic E-state index is -0.331. The van der Waals surface area contributed by atoms with Crippen molar-refractivity contribution in [2.75, 3.05) is 17.7 Å². The summed E-state index contributed by atoms with van der Waals surface area (Å²) in [5.74, 6) is 1.17. The first-order valence-corrected chi connectivity index (χ1v) is 10.0. The number of thioether (sulfide) groups is 1. The van der Waals surface area contributed by atoms with Gasteiger partial charge in [0.25, 0.3) is 0 Å². The minimum Gasteiger partial charge on any atom is -0.492 e. The molecule has 0 fully saturated rings. The average Bonchev–Trinajstić information content (AvgIpc) is 2.63. The van der Waals surface area contributed by atoms with Crippen molar-refractivity contribution in [2.45, 2.75) is 32.6 Å². The molecule has 0 aliphatic carbocycles. The van der Waals surface area contributed by atoms with Crippen molar-refractivity contribution in [3.63, 3.8) is 0 Å². The summed E-state index contributed by atoms with van der Waals surface area (Å²) < 4.78 is 10.7. The molecule has 144 valence electrons. The molecule has 0 aliphatic heterocycles. The zero-order valence-electron chi connectivity index (χ0n) is 15.9. The number of carbonyl (C=O) groups is 2. The summed E-state index contributed by atoms with van der Waals surface area (Å²) in [7, 11) is 0. The number of para-hydroxylation sites is 2. The third-order valence-electron chi connectivity index (χ3n) is 3.47. The molecular formula is C21H25NO4S. The predicted octanol–water partition coefficient (Wildman–Crippen LogP) is 4.52. The van der Waals surface area contributed by atoms with E-state index < -0.39 is 0 Å². The van der Waals surface area contributed by atoms with Crippen LogP contribution < -0.4 is 10.1 Å². The van der Waals surface area contributed by atoms with Crippen LogP contribution in [0.5, 0.6) is 5.75 Å². The second kappa shape index (κ2) is 10.6. The van der Waals surface area contributed by atoms with Gasteiger partial charge in [0.1, 0.15) is 5.75 Å². The van der Waals surface area contributed by atoms with Gasteiger partial charge in [-0.05, 0) is 50.6 Å². The van der Waals surface area contributed by atoms with Crippen LogP contribution in [0.25, 0.3) is 0 Å². The summed E-state index contributed by atoms with van der Waals surface area (Å²) in [5.41, 5.74) is 2.17. The standard InChI is InChI=1S/C21H25NO4S/c1-4-25-19-11-6-5-10-18(19)22-20(23)14-27-13-16-8-7-9-17(12-16)21(24)26-15(2)3/h5-12,15H,4,13-14H2,1-3H3,(H,22,23). The van der Waals surface area contributed by atoms with Gasteiger partial charge in [0.15, 0.2) is 0 Å². The molecule has 0 radical (unpaired) electrons. The maximum atomic E-state index is 12.2. The molecule has 0 saturated heterocycles. The lowest BCUT2D eigenvalue weighted by Crippen LogP contribution is -2.15. The number of benzene rings is 2. The Morgan fingerprint density at radius 1 is 1.11 bits per heavy atom. The third-order valence-corrected chi connectivity index (χ3v) is 4.47. The van der Waals surface area contributed by atoms with Crippen molar-refractivity contribution in [3.8, 4) is 5.75 Å². The SMILES string of the molecule is CCOc1ccccc1NC(=O)CSCc1cccc(C(=O)OC(C)C)c1. The lowest BCUT2D eigenvalue weighted by molar-refractivity contribution is -0.113. The van der Waals surface area contributed by atoms with Gasteiger partial charge in [-0.3, -0.25) is 4.79 Å². The number of nitrogens with one attached hydrogen (secondary N) is 1. The summed E-state index contributed by atoms with van der Waals surface area (Å²) in [6.45, 7) is 6.08. The third kappa shape index (κ3) is 6.98. The van der Waals surface area contributed by atoms with Crippen LogP contribution in [0.3, 0.4) is 0 Å². The quantitative estimate of drug-likeness (QED) is 0.641. The first-order chi connectivity index (χ1) is 13.0. The summed E-state index contributed by atoms with van der Waals surface area (Å²) >= 11 is 1.48. The van der Waals surface area contributed by atoms with Crippen molar-refractivity contribution in [1.29, 1.82) is 0 Å². The van der Waals surface area contributed by atoms with Crippen LogP contribution in [0.4, 0.5) is 5.69 Å². The van der Waals surface area contributed by atoms with Crippen LogP contribution in [-0.4, -0.2) is 30.3 Å². The summed E-state index contributed by atoms with van der Waals surface area (Å²) in [6.07, 6.45) is -0.154. The van der Waals surface area contributed by atoms with Gasteiger partial charge in [0.05, 0.1) is 29.7 Å². The molecule has 1 N–H and O–H groups in total.